The van der Waals surface area contributed by atoms with Crippen molar-refractivity contribution >= 4 is 21.2 Å². The van der Waals surface area contributed by atoms with Gasteiger partial charge in [0, 0.05) is 18.7 Å². The van der Waals surface area contributed by atoms with Gasteiger partial charge in [0.1, 0.15) is 5.76 Å². The molecule has 1 aromatic heterocycles. The lowest BCUT2D eigenvalue weighted by Gasteiger charge is -2.16. The second kappa shape index (κ2) is 5.58. The van der Waals surface area contributed by atoms with Gasteiger partial charge in [-0.1, -0.05) is 0 Å². The van der Waals surface area contributed by atoms with Gasteiger partial charge in [0.15, 0.2) is 9.84 Å². The lowest BCUT2D eigenvalue weighted by molar-refractivity contribution is 0.498. The predicted molar refractivity (Wildman–Crippen MR) is 79.5 cm³/mol. The maximum absolute atomic E-state index is 11.4. The average Bonchev–Trinajstić information content (AvgIpc) is 2.83. The van der Waals surface area contributed by atoms with E-state index in [-0.39, 0.29) is 10.9 Å². The van der Waals surface area contributed by atoms with E-state index in [0.29, 0.717) is 5.69 Å². The number of rotatable bonds is 5. The Morgan fingerprint density at radius 1 is 1.35 bits per heavy atom. The lowest BCUT2D eigenvalue weighted by atomic mass is 10.1. The quantitative estimate of drug-likeness (QED) is 0.826. The van der Waals surface area contributed by atoms with Gasteiger partial charge in [0.05, 0.1) is 22.5 Å². The summed E-state index contributed by atoms with van der Waals surface area (Å²) in [6, 6.07) is 8.58. The second-order valence-electron chi connectivity index (χ2n) is 4.85. The zero-order valence-electron chi connectivity index (χ0n) is 11.5. The van der Waals surface area contributed by atoms with E-state index in [1.54, 1.807) is 18.4 Å². The standard InChI is InChI=1S/C14H18N2O3S/c1-10(8-11-4-3-7-19-11)16-14-6-5-12(9-13(14)15)20(2,17)18/h3-7,9-10,16H,8,15H2,1-2H3. The van der Waals surface area contributed by atoms with Crippen molar-refractivity contribution in [2.75, 3.05) is 17.3 Å². The van der Waals surface area contributed by atoms with Crippen LogP contribution in [0.15, 0.2) is 45.9 Å². The van der Waals surface area contributed by atoms with Crippen LogP contribution in [0.3, 0.4) is 0 Å². The monoisotopic (exact) mass is 294 g/mol. The Hall–Kier alpha value is -1.95. The normalized spacial score (nSPS) is 13.1. The summed E-state index contributed by atoms with van der Waals surface area (Å²) in [5.41, 5.74) is 7.02. The molecule has 0 amide bonds. The molecule has 108 valence electrons. The number of nitrogen functional groups attached to an aromatic ring is 1. The molecular weight excluding hydrogens is 276 g/mol. The van der Waals surface area contributed by atoms with Gasteiger partial charge in [-0.3, -0.25) is 0 Å². The van der Waals surface area contributed by atoms with E-state index in [9.17, 15) is 8.42 Å². The van der Waals surface area contributed by atoms with Crippen LogP contribution in [0.5, 0.6) is 0 Å². The molecule has 1 atom stereocenters. The SMILES string of the molecule is CC(Cc1ccco1)Nc1ccc(S(C)(=O)=O)cc1N. The van der Waals surface area contributed by atoms with Crippen LogP contribution in [0.1, 0.15) is 12.7 Å². The Kier molecular flexibility index (Phi) is 4.04. The summed E-state index contributed by atoms with van der Waals surface area (Å²) < 4.78 is 28.2. The van der Waals surface area contributed by atoms with Crippen LogP contribution in [-0.2, 0) is 16.3 Å². The average molecular weight is 294 g/mol. The molecule has 0 aliphatic carbocycles. The molecule has 1 aromatic carbocycles. The Labute approximate surface area is 118 Å². The molecule has 20 heavy (non-hydrogen) atoms. The molecule has 1 heterocycles. The first-order valence-corrected chi connectivity index (χ1v) is 8.14. The minimum Gasteiger partial charge on any atom is -0.469 e. The Balaban J connectivity index is 2.10. The van der Waals surface area contributed by atoms with Crippen molar-refractivity contribution in [3.05, 3.63) is 42.4 Å². The number of furan rings is 1. The molecule has 5 nitrogen and oxygen atoms in total. The number of nitrogens with two attached hydrogens (primary N) is 1. The fraction of sp³-hybridized carbons (Fsp3) is 0.286. The van der Waals surface area contributed by atoms with E-state index in [0.717, 1.165) is 24.1 Å². The van der Waals surface area contributed by atoms with Crippen LogP contribution in [0, 0.1) is 0 Å². The molecular formula is C14H18N2O3S. The van der Waals surface area contributed by atoms with E-state index in [4.69, 9.17) is 10.2 Å². The van der Waals surface area contributed by atoms with E-state index in [1.807, 2.05) is 19.1 Å². The highest BCUT2D eigenvalue weighted by molar-refractivity contribution is 7.90. The van der Waals surface area contributed by atoms with Crippen LogP contribution in [-0.4, -0.2) is 20.7 Å². The van der Waals surface area contributed by atoms with Crippen LogP contribution in [0.2, 0.25) is 0 Å². The maximum atomic E-state index is 11.4. The molecule has 1 unspecified atom stereocenters. The molecule has 0 saturated carbocycles. The summed E-state index contributed by atoms with van der Waals surface area (Å²) >= 11 is 0. The van der Waals surface area contributed by atoms with Crippen molar-refractivity contribution in [2.24, 2.45) is 0 Å². The summed E-state index contributed by atoms with van der Waals surface area (Å²) in [7, 11) is -3.23. The molecule has 0 fully saturated rings. The molecule has 2 rings (SSSR count). The van der Waals surface area contributed by atoms with E-state index >= 15 is 0 Å². The van der Waals surface area contributed by atoms with Gasteiger partial charge < -0.3 is 15.5 Å². The molecule has 0 aliphatic heterocycles. The molecule has 0 spiro atoms. The minimum atomic E-state index is -3.23. The van der Waals surface area contributed by atoms with E-state index in [2.05, 4.69) is 5.32 Å². The maximum Gasteiger partial charge on any atom is 0.175 e. The van der Waals surface area contributed by atoms with E-state index < -0.39 is 9.84 Å². The van der Waals surface area contributed by atoms with Crippen LogP contribution in [0.4, 0.5) is 11.4 Å². The van der Waals surface area contributed by atoms with Crippen molar-refractivity contribution in [3.8, 4) is 0 Å². The molecule has 0 radical (unpaired) electrons. The molecule has 3 N–H and O–H groups in total. The van der Waals surface area contributed by atoms with Crippen molar-refractivity contribution in [1.82, 2.24) is 0 Å². The summed E-state index contributed by atoms with van der Waals surface area (Å²) in [5.74, 6) is 0.885. The third-order valence-electron chi connectivity index (χ3n) is 2.94. The summed E-state index contributed by atoms with van der Waals surface area (Å²) in [6.07, 6.45) is 3.52. The zero-order chi connectivity index (χ0) is 14.8. The predicted octanol–water partition coefficient (Wildman–Crippen LogP) is 2.31. The second-order valence-corrected chi connectivity index (χ2v) is 6.87. The number of hydrogen-bond donors (Lipinski definition) is 2. The number of benzene rings is 1. The third kappa shape index (κ3) is 3.54. The third-order valence-corrected chi connectivity index (χ3v) is 4.05. The number of sulfone groups is 1. The number of hydrogen-bond acceptors (Lipinski definition) is 5. The van der Waals surface area contributed by atoms with Gasteiger partial charge in [-0.15, -0.1) is 0 Å². The van der Waals surface area contributed by atoms with Crippen molar-refractivity contribution < 1.29 is 12.8 Å². The van der Waals surface area contributed by atoms with Gasteiger partial charge in [0.2, 0.25) is 0 Å². The number of nitrogens with one attached hydrogen (secondary N) is 1. The number of anilines is 2. The largest absolute Gasteiger partial charge is 0.469 e. The van der Waals surface area contributed by atoms with Crippen LogP contribution < -0.4 is 11.1 Å². The summed E-state index contributed by atoms with van der Waals surface area (Å²) in [5, 5.41) is 3.25. The molecule has 2 aromatic rings. The fourth-order valence-corrected chi connectivity index (χ4v) is 2.61. The lowest BCUT2D eigenvalue weighted by Crippen LogP contribution is -2.18. The smallest absolute Gasteiger partial charge is 0.175 e. The first-order valence-electron chi connectivity index (χ1n) is 6.25. The Bertz CT molecular complexity index is 678. The first-order chi connectivity index (χ1) is 9.36. The molecule has 0 aliphatic rings. The molecule has 0 bridgehead atoms. The van der Waals surface area contributed by atoms with Gasteiger partial charge in [-0.2, -0.15) is 0 Å². The highest BCUT2D eigenvalue weighted by atomic mass is 32.2. The van der Waals surface area contributed by atoms with Gasteiger partial charge in [0.25, 0.3) is 0 Å². The Morgan fingerprint density at radius 2 is 2.10 bits per heavy atom. The summed E-state index contributed by atoms with van der Waals surface area (Å²) in [6.45, 7) is 2.01. The van der Waals surface area contributed by atoms with Crippen molar-refractivity contribution in [1.29, 1.82) is 0 Å². The Morgan fingerprint density at radius 3 is 2.65 bits per heavy atom. The zero-order valence-corrected chi connectivity index (χ0v) is 12.3. The van der Waals surface area contributed by atoms with Gasteiger partial charge in [-0.25, -0.2) is 8.42 Å². The summed E-state index contributed by atoms with van der Waals surface area (Å²) in [4.78, 5) is 0.222. The van der Waals surface area contributed by atoms with Crippen LogP contribution >= 0.6 is 0 Å². The van der Waals surface area contributed by atoms with Crippen molar-refractivity contribution in [3.63, 3.8) is 0 Å². The fourth-order valence-electron chi connectivity index (χ4n) is 1.95. The molecule has 0 saturated heterocycles. The van der Waals surface area contributed by atoms with Crippen molar-refractivity contribution in [2.45, 2.75) is 24.3 Å². The van der Waals surface area contributed by atoms with Crippen LogP contribution in [0.25, 0.3) is 0 Å². The molecule has 6 heteroatoms. The first kappa shape index (κ1) is 14.5. The van der Waals surface area contributed by atoms with E-state index in [1.165, 1.54) is 6.07 Å². The topological polar surface area (TPSA) is 85.3 Å². The highest BCUT2D eigenvalue weighted by Crippen LogP contribution is 2.23. The minimum absolute atomic E-state index is 0.118. The highest BCUT2D eigenvalue weighted by Gasteiger charge is 2.11. The van der Waals surface area contributed by atoms with Gasteiger partial charge in [-0.05, 0) is 37.3 Å². The van der Waals surface area contributed by atoms with Gasteiger partial charge >= 0.3 is 0 Å².